The second-order valence-electron chi connectivity index (χ2n) is 6.22. The summed E-state index contributed by atoms with van der Waals surface area (Å²) < 4.78 is 1.02. The van der Waals surface area contributed by atoms with Crippen molar-refractivity contribution in [3.63, 3.8) is 0 Å². The lowest BCUT2D eigenvalue weighted by Crippen LogP contribution is -3.00. The van der Waals surface area contributed by atoms with E-state index in [1.807, 2.05) is 0 Å². The maximum absolute atomic E-state index is 12.0. The third kappa shape index (κ3) is 4.85. The molecule has 1 aliphatic rings. The number of likely N-dealkylation sites (tertiary alicyclic amines) is 1. The van der Waals surface area contributed by atoms with Crippen LogP contribution in [0.4, 0.5) is 0 Å². The van der Waals surface area contributed by atoms with E-state index >= 15 is 0 Å². The average molecular weight is 387 g/mol. The molecule has 2 atom stereocenters. The number of hydrogen-bond donors (Lipinski definition) is 0. The van der Waals surface area contributed by atoms with Crippen molar-refractivity contribution in [2.75, 3.05) is 20.1 Å². The van der Waals surface area contributed by atoms with Gasteiger partial charge in [0.05, 0.1) is 32.5 Å². The largest absolute Gasteiger partial charge is 1.00 e. The summed E-state index contributed by atoms with van der Waals surface area (Å²) in [6, 6.07) is 10.7. The molecule has 0 amide bonds. The van der Waals surface area contributed by atoms with Crippen molar-refractivity contribution in [2.45, 2.75) is 39.2 Å². The Bertz CT molecular complexity index is 420. The van der Waals surface area contributed by atoms with Crippen molar-refractivity contribution in [3.05, 3.63) is 35.9 Å². The summed E-state index contributed by atoms with van der Waals surface area (Å²) >= 11 is 0. The molecule has 1 saturated heterocycles. The molecule has 0 aromatic heterocycles. The van der Waals surface area contributed by atoms with Crippen LogP contribution in [-0.4, -0.2) is 30.4 Å². The van der Waals surface area contributed by atoms with Gasteiger partial charge in [-0.05, 0) is 6.42 Å². The molecule has 20 heavy (non-hydrogen) atoms. The summed E-state index contributed by atoms with van der Waals surface area (Å²) in [7, 11) is 2.30. The monoisotopic (exact) mass is 387 g/mol. The molecule has 0 aliphatic carbocycles. The maximum atomic E-state index is 12.0. The van der Waals surface area contributed by atoms with E-state index in [0.717, 1.165) is 37.0 Å². The molecule has 3 heteroatoms. The highest BCUT2D eigenvalue weighted by Crippen LogP contribution is 2.25. The first-order valence-corrected chi connectivity index (χ1v) is 7.53. The summed E-state index contributed by atoms with van der Waals surface area (Å²) in [6.07, 6.45) is 4.21. The molecule has 1 aromatic carbocycles. The number of hydrogen-bond acceptors (Lipinski definition) is 1. The number of carbonyl (C=O) groups excluding carboxylic acids is 1. The quantitative estimate of drug-likeness (QED) is 0.529. The number of Topliss-reactive ketones (excluding diaryl/α,β-unsaturated/α-hetero) is 1. The first-order chi connectivity index (χ1) is 9.13. The first-order valence-electron chi connectivity index (χ1n) is 7.53. The Kier molecular flexibility index (Phi) is 7.17. The van der Waals surface area contributed by atoms with E-state index in [-0.39, 0.29) is 24.0 Å². The molecule has 0 radical (unpaired) electrons. The summed E-state index contributed by atoms with van der Waals surface area (Å²) in [5.74, 6) is 0.791. The molecule has 0 spiro atoms. The molecular weight excluding hydrogens is 361 g/mol. The predicted molar refractivity (Wildman–Crippen MR) is 78.7 cm³/mol. The molecular formula is C17H26INO. The fraction of sp³-hybridized carbons (Fsp3) is 0.588. The summed E-state index contributed by atoms with van der Waals surface area (Å²) in [5, 5.41) is 0. The lowest BCUT2D eigenvalue weighted by atomic mass is 9.90. The molecule has 112 valence electrons. The Labute approximate surface area is 140 Å². The second kappa shape index (κ2) is 8.13. The highest BCUT2D eigenvalue weighted by Gasteiger charge is 2.36. The topological polar surface area (TPSA) is 17.1 Å². The van der Waals surface area contributed by atoms with Gasteiger partial charge in [0.2, 0.25) is 0 Å². The van der Waals surface area contributed by atoms with Crippen molar-refractivity contribution in [1.82, 2.24) is 0 Å². The lowest BCUT2D eigenvalue weighted by molar-refractivity contribution is -0.926. The van der Waals surface area contributed by atoms with Crippen LogP contribution in [0, 0.1) is 5.92 Å². The van der Waals surface area contributed by atoms with Crippen LogP contribution in [0.15, 0.2) is 30.3 Å². The molecule has 0 saturated carbocycles. The standard InChI is InChI=1S/C17H26NO.HI/c1-3-4-10-16-14-18(2,12-11-17(16)19)13-15-8-6-5-7-9-15;/h5-9,16H,3-4,10-14H2,1-2H3;1H/q+1;/p-1. The summed E-state index contributed by atoms with van der Waals surface area (Å²) in [5.41, 5.74) is 1.38. The Balaban J connectivity index is 0.00000200. The first kappa shape index (κ1) is 17.6. The molecule has 2 unspecified atom stereocenters. The number of unbranched alkanes of at least 4 members (excludes halogenated alkanes) is 1. The van der Waals surface area contributed by atoms with Gasteiger partial charge in [0.1, 0.15) is 12.3 Å². The maximum Gasteiger partial charge on any atom is 0.147 e. The van der Waals surface area contributed by atoms with Gasteiger partial charge in [-0.1, -0.05) is 50.1 Å². The van der Waals surface area contributed by atoms with Gasteiger partial charge in [-0.25, -0.2) is 0 Å². The fourth-order valence-electron chi connectivity index (χ4n) is 3.18. The molecule has 0 bridgehead atoms. The lowest BCUT2D eigenvalue weighted by Gasteiger charge is -2.40. The van der Waals surface area contributed by atoms with Crippen LogP contribution in [0.2, 0.25) is 0 Å². The number of carbonyl (C=O) groups is 1. The number of quaternary nitrogens is 1. The van der Waals surface area contributed by atoms with E-state index in [2.05, 4.69) is 44.3 Å². The predicted octanol–water partition coefficient (Wildman–Crippen LogP) is 0.416. The van der Waals surface area contributed by atoms with Crippen molar-refractivity contribution < 1.29 is 33.3 Å². The third-order valence-corrected chi connectivity index (χ3v) is 4.33. The van der Waals surface area contributed by atoms with E-state index in [1.165, 1.54) is 18.4 Å². The minimum Gasteiger partial charge on any atom is -1.00 e. The zero-order chi connectivity index (χ0) is 13.7. The molecule has 2 rings (SSSR count). The summed E-state index contributed by atoms with van der Waals surface area (Å²) in [6.45, 7) is 5.27. The minimum absolute atomic E-state index is 0. The SMILES string of the molecule is CCCCC1C[N+](C)(Cc2ccccc2)CCC1=O.[I-]. The number of halogens is 1. The van der Waals surface area contributed by atoms with Crippen LogP contribution in [-0.2, 0) is 11.3 Å². The highest BCUT2D eigenvalue weighted by molar-refractivity contribution is 5.81. The van der Waals surface area contributed by atoms with Gasteiger partial charge < -0.3 is 28.5 Å². The van der Waals surface area contributed by atoms with E-state index in [0.29, 0.717) is 11.7 Å². The second-order valence-corrected chi connectivity index (χ2v) is 6.22. The van der Waals surface area contributed by atoms with Crippen LogP contribution in [0.25, 0.3) is 0 Å². The summed E-state index contributed by atoms with van der Waals surface area (Å²) in [4.78, 5) is 12.0. The van der Waals surface area contributed by atoms with Crippen LogP contribution in [0.3, 0.4) is 0 Å². The fourth-order valence-corrected chi connectivity index (χ4v) is 3.18. The van der Waals surface area contributed by atoms with E-state index in [9.17, 15) is 4.79 Å². The molecule has 1 aliphatic heterocycles. The molecule has 0 N–H and O–H groups in total. The van der Waals surface area contributed by atoms with Gasteiger partial charge >= 0.3 is 0 Å². The Morgan fingerprint density at radius 3 is 2.60 bits per heavy atom. The average Bonchev–Trinajstić information content (AvgIpc) is 2.41. The number of rotatable bonds is 5. The molecule has 1 heterocycles. The van der Waals surface area contributed by atoms with Crippen LogP contribution < -0.4 is 24.0 Å². The minimum atomic E-state index is 0. The van der Waals surface area contributed by atoms with Gasteiger partial charge in [0.15, 0.2) is 0 Å². The highest BCUT2D eigenvalue weighted by atomic mass is 127. The smallest absolute Gasteiger partial charge is 0.147 e. The van der Waals surface area contributed by atoms with Gasteiger partial charge in [-0.3, -0.25) is 4.79 Å². The van der Waals surface area contributed by atoms with E-state index in [4.69, 9.17) is 0 Å². The number of ketones is 1. The van der Waals surface area contributed by atoms with Crippen molar-refractivity contribution >= 4 is 5.78 Å². The van der Waals surface area contributed by atoms with Gasteiger partial charge in [-0.15, -0.1) is 0 Å². The number of nitrogens with zero attached hydrogens (tertiary/aromatic N) is 1. The Hall–Kier alpha value is -0.420. The van der Waals surface area contributed by atoms with Crippen molar-refractivity contribution in [3.8, 4) is 0 Å². The van der Waals surface area contributed by atoms with Gasteiger partial charge in [-0.2, -0.15) is 0 Å². The van der Waals surface area contributed by atoms with Gasteiger partial charge in [0.25, 0.3) is 0 Å². The van der Waals surface area contributed by atoms with Crippen molar-refractivity contribution in [1.29, 1.82) is 0 Å². The Morgan fingerprint density at radius 1 is 1.25 bits per heavy atom. The van der Waals surface area contributed by atoms with Gasteiger partial charge in [0, 0.05) is 5.56 Å². The number of benzene rings is 1. The zero-order valence-electron chi connectivity index (χ0n) is 12.6. The molecule has 1 aromatic rings. The third-order valence-electron chi connectivity index (χ3n) is 4.33. The number of piperidine rings is 1. The van der Waals surface area contributed by atoms with E-state index in [1.54, 1.807) is 0 Å². The normalized spacial score (nSPS) is 26.1. The molecule has 2 nitrogen and oxygen atoms in total. The van der Waals surface area contributed by atoms with Crippen LogP contribution >= 0.6 is 0 Å². The molecule has 1 fully saturated rings. The van der Waals surface area contributed by atoms with Crippen LogP contribution in [0.1, 0.15) is 38.2 Å². The van der Waals surface area contributed by atoms with E-state index < -0.39 is 0 Å². The zero-order valence-corrected chi connectivity index (χ0v) is 14.8. The van der Waals surface area contributed by atoms with Crippen molar-refractivity contribution in [2.24, 2.45) is 5.92 Å². The Morgan fingerprint density at radius 2 is 1.95 bits per heavy atom. The van der Waals surface area contributed by atoms with Crippen LogP contribution in [0.5, 0.6) is 0 Å².